The van der Waals surface area contributed by atoms with Crippen molar-refractivity contribution in [3.63, 3.8) is 0 Å². The highest BCUT2D eigenvalue weighted by Gasteiger charge is 2.42. The van der Waals surface area contributed by atoms with Gasteiger partial charge in [0.2, 0.25) is 0 Å². The lowest BCUT2D eigenvalue weighted by atomic mass is 10.1. The fourth-order valence-electron chi connectivity index (χ4n) is 3.23. The largest absolute Gasteiger partial charge is 0.465 e. The van der Waals surface area contributed by atoms with Gasteiger partial charge in [0.15, 0.2) is 0 Å². The number of rotatable bonds is 3. The van der Waals surface area contributed by atoms with Gasteiger partial charge in [-0.05, 0) is 25.0 Å². The average Bonchev–Trinajstić information content (AvgIpc) is 2.82. The Morgan fingerprint density at radius 2 is 1.68 bits per heavy atom. The molecule has 3 rings (SSSR count). The molecule has 1 fully saturated rings. The van der Waals surface area contributed by atoms with E-state index in [4.69, 9.17) is 16.3 Å². The molecule has 0 saturated carbocycles. The third-order valence-corrected chi connectivity index (χ3v) is 4.82. The number of hydrogen-bond acceptors (Lipinski definition) is 5. The van der Waals surface area contributed by atoms with Crippen LogP contribution in [0.25, 0.3) is 0 Å². The van der Waals surface area contributed by atoms with Crippen LogP contribution in [0.5, 0.6) is 0 Å². The smallest absolute Gasteiger partial charge is 0.339 e. The Balaban J connectivity index is 1.98. The van der Waals surface area contributed by atoms with Gasteiger partial charge in [0.1, 0.15) is 10.7 Å². The number of halogens is 1. The first-order valence-electron chi connectivity index (χ1n) is 8.27. The van der Waals surface area contributed by atoms with E-state index < -0.39 is 17.8 Å². The van der Waals surface area contributed by atoms with E-state index in [9.17, 15) is 14.4 Å². The molecule has 0 aliphatic carbocycles. The minimum Gasteiger partial charge on any atom is -0.465 e. The van der Waals surface area contributed by atoms with Gasteiger partial charge in [0.05, 0.1) is 18.4 Å². The number of methoxy groups -OCH3 is 1. The van der Waals surface area contributed by atoms with Crippen molar-refractivity contribution in [2.24, 2.45) is 0 Å². The summed E-state index contributed by atoms with van der Waals surface area (Å²) in [5.41, 5.74) is 0.564. The fourth-order valence-corrected chi connectivity index (χ4v) is 3.51. The molecule has 2 aliphatic rings. The van der Waals surface area contributed by atoms with Crippen molar-refractivity contribution in [3.8, 4) is 0 Å². The zero-order valence-electron chi connectivity index (χ0n) is 14.0. The summed E-state index contributed by atoms with van der Waals surface area (Å²) in [5, 5.41) is -0.0911. The van der Waals surface area contributed by atoms with Gasteiger partial charge in [0, 0.05) is 13.1 Å². The van der Waals surface area contributed by atoms with Crippen LogP contribution in [0.15, 0.2) is 35.0 Å². The average molecular weight is 363 g/mol. The molecule has 2 aliphatic heterocycles. The molecular formula is C18H19ClN2O4. The Morgan fingerprint density at radius 1 is 1.04 bits per heavy atom. The van der Waals surface area contributed by atoms with E-state index in [1.165, 1.54) is 19.2 Å². The summed E-state index contributed by atoms with van der Waals surface area (Å²) in [6, 6.07) is 6.35. The molecule has 2 amide bonds. The maximum atomic E-state index is 13.0. The van der Waals surface area contributed by atoms with Crippen molar-refractivity contribution < 1.29 is 19.1 Å². The zero-order valence-corrected chi connectivity index (χ0v) is 14.7. The lowest BCUT2D eigenvalue weighted by Gasteiger charge is -2.24. The van der Waals surface area contributed by atoms with E-state index in [0.29, 0.717) is 13.1 Å². The van der Waals surface area contributed by atoms with Gasteiger partial charge >= 0.3 is 5.97 Å². The number of benzene rings is 1. The number of carbonyl (C=O) groups is 3. The molecule has 6 nitrogen and oxygen atoms in total. The Labute approximate surface area is 151 Å². The van der Waals surface area contributed by atoms with Crippen molar-refractivity contribution in [3.05, 3.63) is 40.6 Å². The second-order valence-corrected chi connectivity index (χ2v) is 6.40. The number of para-hydroxylation sites is 1. The van der Waals surface area contributed by atoms with Gasteiger partial charge in [-0.1, -0.05) is 36.6 Å². The topological polar surface area (TPSA) is 66.9 Å². The Bertz CT molecular complexity index is 751. The van der Waals surface area contributed by atoms with E-state index in [1.54, 1.807) is 12.1 Å². The van der Waals surface area contributed by atoms with E-state index in [-0.39, 0.29) is 22.0 Å². The van der Waals surface area contributed by atoms with Crippen LogP contribution in [0.2, 0.25) is 0 Å². The monoisotopic (exact) mass is 362 g/mol. The predicted octanol–water partition coefficient (Wildman–Crippen LogP) is 2.67. The minimum absolute atomic E-state index is 0.0911. The van der Waals surface area contributed by atoms with Gasteiger partial charge in [-0.3, -0.25) is 9.59 Å². The summed E-state index contributed by atoms with van der Waals surface area (Å²) < 4.78 is 4.75. The summed E-state index contributed by atoms with van der Waals surface area (Å²) in [7, 11) is 1.25. The number of hydrogen-bond donors (Lipinski definition) is 0. The van der Waals surface area contributed by atoms with Gasteiger partial charge in [-0.15, -0.1) is 0 Å². The number of amides is 2. The predicted molar refractivity (Wildman–Crippen MR) is 93.2 cm³/mol. The first-order valence-corrected chi connectivity index (χ1v) is 8.65. The number of ether oxygens (including phenoxy) is 1. The third-order valence-electron chi connectivity index (χ3n) is 4.48. The van der Waals surface area contributed by atoms with Crippen LogP contribution in [-0.4, -0.2) is 42.9 Å². The minimum atomic E-state index is -0.615. The quantitative estimate of drug-likeness (QED) is 0.611. The number of likely N-dealkylation sites (tertiary alicyclic amines) is 1. The number of imide groups is 1. The molecule has 1 aromatic carbocycles. The van der Waals surface area contributed by atoms with Crippen molar-refractivity contribution in [2.45, 2.75) is 25.7 Å². The number of anilines is 1. The molecule has 0 bridgehead atoms. The highest BCUT2D eigenvalue weighted by molar-refractivity contribution is 6.52. The van der Waals surface area contributed by atoms with Crippen molar-refractivity contribution in [1.82, 2.24) is 4.90 Å². The Kier molecular flexibility index (Phi) is 5.08. The maximum Gasteiger partial charge on any atom is 0.339 e. The molecular weight excluding hydrogens is 344 g/mol. The van der Waals surface area contributed by atoms with E-state index in [1.807, 2.05) is 4.90 Å². The summed E-state index contributed by atoms with van der Waals surface area (Å²) >= 11 is 6.23. The summed E-state index contributed by atoms with van der Waals surface area (Å²) in [6.07, 6.45) is 4.10. The lowest BCUT2D eigenvalue weighted by molar-refractivity contribution is -0.121. The first kappa shape index (κ1) is 17.5. The Morgan fingerprint density at radius 3 is 2.32 bits per heavy atom. The molecule has 0 unspecified atom stereocenters. The number of esters is 1. The Hall–Kier alpha value is -2.34. The first-order chi connectivity index (χ1) is 12.1. The van der Waals surface area contributed by atoms with E-state index in [0.717, 1.165) is 30.6 Å². The summed E-state index contributed by atoms with van der Waals surface area (Å²) in [6.45, 7) is 1.38. The van der Waals surface area contributed by atoms with Crippen LogP contribution in [0, 0.1) is 0 Å². The zero-order chi connectivity index (χ0) is 18.0. The van der Waals surface area contributed by atoms with Crippen LogP contribution in [0.1, 0.15) is 36.0 Å². The summed E-state index contributed by atoms with van der Waals surface area (Å²) in [4.78, 5) is 40.5. The van der Waals surface area contributed by atoms with Crippen molar-refractivity contribution >= 4 is 35.1 Å². The highest BCUT2D eigenvalue weighted by Crippen LogP contribution is 2.34. The van der Waals surface area contributed by atoms with Gasteiger partial charge in [-0.25, -0.2) is 9.69 Å². The van der Waals surface area contributed by atoms with Crippen LogP contribution in [-0.2, 0) is 14.3 Å². The number of nitrogens with zero attached hydrogens (tertiary/aromatic N) is 2. The molecule has 1 aromatic rings. The molecule has 1 saturated heterocycles. The molecule has 0 atom stereocenters. The molecule has 132 valence electrons. The molecule has 0 N–H and O–H groups in total. The fraction of sp³-hybridized carbons (Fsp3) is 0.389. The number of carbonyl (C=O) groups excluding carboxylic acids is 3. The lowest BCUT2D eigenvalue weighted by Crippen LogP contribution is -2.36. The SMILES string of the molecule is COC(=O)c1ccccc1N1C(=O)C(Cl)=C(N2CCCCCC2)C1=O. The molecule has 2 heterocycles. The second kappa shape index (κ2) is 7.27. The van der Waals surface area contributed by atoms with Crippen LogP contribution < -0.4 is 4.90 Å². The van der Waals surface area contributed by atoms with Crippen LogP contribution in [0.4, 0.5) is 5.69 Å². The van der Waals surface area contributed by atoms with Crippen molar-refractivity contribution in [2.75, 3.05) is 25.1 Å². The van der Waals surface area contributed by atoms with Gasteiger partial charge in [0.25, 0.3) is 11.8 Å². The molecule has 0 spiro atoms. The molecule has 0 radical (unpaired) electrons. The molecule has 7 heteroatoms. The maximum absolute atomic E-state index is 13.0. The van der Waals surface area contributed by atoms with Gasteiger partial charge in [-0.2, -0.15) is 0 Å². The molecule has 25 heavy (non-hydrogen) atoms. The standard InChI is InChI=1S/C18H19ClN2O4/c1-25-18(24)12-8-4-5-9-13(12)21-16(22)14(19)15(17(21)23)20-10-6-2-3-7-11-20/h4-5,8-9H,2-3,6-7,10-11H2,1H3. The second-order valence-electron chi connectivity index (χ2n) is 6.02. The molecule has 0 aromatic heterocycles. The third kappa shape index (κ3) is 3.14. The summed E-state index contributed by atoms with van der Waals surface area (Å²) in [5.74, 6) is -1.72. The van der Waals surface area contributed by atoms with E-state index in [2.05, 4.69) is 0 Å². The van der Waals surface area contributed by atoms with Crippen LogP contribution in [0.3, 0.4) is 0 Å². The van der Waals surface area contributed by atoms with E-state index >= 15 is 0 Å². The normalized spacial score (nSPS) is 18.6. The van der Waals surface area contributed by atoms with Crippen LogP contribution >= 0.6 is 11.6 Å². The van der Waals surface area contributed by atoms with Crippen molar-refractivity contribution in [1.29, 1.82) is 0 Å². The highest BCUT2D eigenvalue weighted by atomic mass is 35.5. The van der Waals surface area contributed by atoms with Gasteiger partial charge < -0.3 is 9.64 Å².